The van der Waals surface area contributed by atoms with Crippen molar-refractivity contribution in [2.45, 2.75) is 23.5 Å². The van der Waals surface area contributed by atoms with E-state index < -0.39 is 0 Å². The van der Waals surface area contributed by atoms with Crippen LogP contribution < -0.4 is 5.73 Å². The third-order valence-corrected chi connectivity index (χ3v) is 2.68. The first-order valence-electron chi connectivity index (χ1n) is 3.91. The smallest absolute Gasteiger partial charge is 0.187 e. The van der Waals surface area contributed by atoms with Crippen molar-refractivity contribution in [1.29, 1.82) is 0 Å². The summed E-state index contributed by atoms with van der Waals surface area (Å²) in [5.41, 5.74) is 6.85. The maximum absolute atomic E-state index is 5.99. The van der Waals surface area contributed by atoms with Crippen molar-refractivity contribution in [3.8, 4) is 0 Å². The highest BCUT2D eigenvalue weighted by molar-refractivity contribution is 7.98. The summed E-state index contributed by atoms with van der Waals surface area (Å²) < 4.78 is 0. The molecule has 1 aliphatic rings. The van der Waals surface area contributed by atoms with Crippen molar-refractivity contribution >= 4 is 11.8 Å². The second kappa shape index (κ2) is 2.71. The molecule has 0 bridgehead atoms. The van der Waals surface area contributed by atoms with Crippen LogP contribution in [0.1, 0.15) is 18.5 Å². The summed E-state index contributed by atoms with van der Waals surface area (Å²) in [7, 11) is 0. The highest BCUT2D eigenvalue weighted by atomic mass is 32.2. The van der Waals surface area contributed by atoms with Gasteiger partial charge in [-0.3, -0.25) is 0 Å². The van der Waals surface area contributed by atoms with E-state index in [1.165, 1.54) is 0 Å². The first-order chi connectivity index (χ1) is 5.74. The number of aromatic nitrogens is 2. The van der Waals surface area contributed by atoms with Gasteiger partial charge in [-0.15, -0.1) is 0 Å². The van der Waals surface area contributed by atoms with Gasteiger partial charge in [0.2, 0.25) is 0 Å². The quantitative estimate of drug-likeness (QED) is 0.549. The molecule has 3 nitrogen and oxygen atoms in total. The van der Waals surface area contributed by atoms with Crippen LogP contribution in [-0.2, 0) is 5.54 Å². The Bertz CT molecular complexity index is 296. The number of thioether (sulfide) groups is 1. The number of rotatable bonds is 2. The third-order valence-electron chi connectivity index (χ3n) is 2.11. The Labute approximate surface area is 75.8 Å². The van der Waals surface area contributed by atoms with Crippen molar-refractivity contribution in [3.63, 3.8) is 0 Å². The zero-order chi connectivity index (χ0) is 8.60. The number of hydrogen-bond donors (Lipinski definition) is 1. The molecular formula is C8H11N3S. The van der Waals surface area contributed by atoms with Gasteiger partial charge in [0, 0.05) is 6.20 Å². The lowest BCUT2D eigenvalue weighted by Crippen LogP contribution is -2.20. The molecule has 1 aromatic rings. The molecule has 1 aliphatic carbocycles. The molecule has 1 saturated carbocycles. The molecule has 0 aliphatic heterocycles. The molecule has 0 radical (unpaired) electrons. The summed E-state index contributed by atoms with van der Waals surface area (Å²) in [4.78, 5) is 8.45. The third kappa shape index (κ3) is 1.32. The lowest BCUT2D eigenvalue weighted by atomic mass is 10.2. The fraction of sp³-hybridized carbons (Fsp3) is 0.500. The van der Waals surface area contributed by atoms with E-state index in [0.717, 1.165) is 23.7 Å². The van der Waals surface area contributed by atoms with Crippen LogP contribution in [-0.4, -0.2) is 16.2 Å². The van der Waals surface area contributed by atoms with Gasteiger partial charge in [0.05, 0.1) is 11.2 Å². The van der Waals surface area contributed by atoms with Gasteiger partial charge in [-0.25, -0.2) is 9.97 Å². The largest absolute Gasteiger partial charge is 0.320 e. The van der Waals surface area contributed by atoms with E-state index in [0.29, 0.717) is 0 Å². The fourth-order valence-electron chi connectivity index (χ4n) is 1.11. The van der Waals surface area contributed by atoms with Crippen LogP contribution in [0.25, 0.3) is 0 Å². The molecule has 2 N–H and O–H groups in total. The van der Waals surface area contributed by atoms with Gasteiger partial charge in [-0.1, -0.05) is 11.8 Å². The summed E-state index contributed by atoms with van der Waals surface area (Å²) in [6.45, 7) is 0. The summed E-state index contributed by atoms with van der Waals surface area (Å²) in [5.74, 6) is 0. The number of hydrogen-bond acceptors (Lipinski definition) is 4. The number of nitrogens with zero attached hydrogens (tertiary/aromatic N) is 2. The first-order valence-corrected chi connectivity index (χ1v) is 5.13. The average molecular weight is 181 g/mol. The van der Waals surface area contributed by atoms with Crippen molar-refractivity contribution in [2.75, 3.05) is 6.26 Å². The second-order valence-electron chi connectivity index (χ2n) is 3.08. The molecule has 0 unspecified atom stereocenters. The maximum atomic E-state index is 5.99. The number of nitrogens with two attached hydrogens (primary N) is 1. The monoisotopic (exact) mass is 181 g/mol. The normalized spacial score (nSPS) is 19.2. The van der Waals surface area contributed by atoms with E-state index in [1.54, 1.807) is 18.0 Å². The summed E-state index contributed by atoms with van der Waals surface area (Å²) in [6.07, 6.45) is 5.85. The van der Waals surface area contributed by atoms with Crippen molar-refractivity contribution in [3.05, 3.63) is 18.0 Å². The molecule has 2 rings (SSSR count). The Morgan fingerprint density at radius 1 is 1.58 bits per heavy atom. The molecule has 1 fully saturated rings. The van der Waals surface area contributed by atoms with E-state index in [4.69, 9.17) is 5.73 Å². The highest BCUT2D eigenvalue weighted by Gasteiger charge is 2.41. The minimum atomic E-state index is -0.132. The van der Waals surface area contributed by atoms with Gasteiger partial charge in [0.15, 0.2) is 5.16 Å². The molecule has 0 spiro atoms. The van der Waals surface area contributed by atoms with Gasteiger partial charge in [0.1, 0.15) is 0 Å². The Hall–Kier alpha value is -0.610. The van der Waals surface area contributed by atoms with Crippen LogP contribution >= 0.6 is 11.8 Å². The van der Waals surface area contributed by atoms with E-state index >= 15 is 0 Å². The van der Waals surface area contributed by atoms with E-state index in [2.05, 4.69) is 9.97 Å². The lowest BCUT2D eigenvalue weighted by molar-refractivity contribution is 0.685. The molecule has 64 valence electrons. The highest BCUT2D eigenvalue weighted by Crippen LogP contribution is 2.41. The van der Waals surface area contributed by atoms with Gasteiger partial charge < -0.3 is 5.73 Å². The van der Waals surface area contributed by atoms with Crippen molar-refractivity contribution in [2.24, 2.45) is 5.73 Å². The Morgan fingerprint density at radius 3 is 2.92 bits per heavy atom. The van der Waals surface area contributed by atoms with Crippen LogP contribution in [0.4, 0.5) is 0 Å². The zero-order valence-corrected chi connectivity index (χ0v) is 7.77. The van der Waals surface area contributed by atoms with E-state index in [9.17, 15) is 0 Å². The topological polar surface area (TPSA) is 51.8 Å². The second-order valence-corrected chi connectivity index (χ2v) is 3.86. The minimum Gasteiger partial charge on any atom is -0.320 e. The van der Waals surface area contributed by atoms with Crippen LogP contribution in [0.5, 0.6) is 0 Å². The Balaban J connectivity index is 2.32. The zero-order valence-electron chi connectivity index (χ0n) is 6.95. The Kier molecular flexibility index (Phi) is 1.81. The molecule has 0 aromatic carbocycles. The average Bonchev–Trinajstić information content (AvgIpc) is 2.85. The van der Waals surface area contributed by atoms with Gasteiger partial charge in [0.25, 0.3) is 0 Å². The molecule has 1 heterocycles. The van der Waals surface area contributed by atoms with Crippen molar-refractivity contribution < 1.29 is 0 Å². The molecule has 0 atom stereocenters. The van der Waals surface area contributed by atoms with Crippen LogP contribution in [0.3, 0.4) is 0 Å². The van der Waals surface area contributed by atoms with E-state index in [1.807, 2.05) is 12.3 Å². The molecule has 1 aromatic heterocycles. The molecule has 12 heavy (non-hydrogen) atoms. The van der Waals surface area contributed by atoms with E-state index in [-0.39, 0.29) is 5.54 Å². The van der Waals surface area contributed by atoms with Gasteiger partial charge in [-0.2, -0.15) is 0 Å². The summed E-state index contributed by atoms with van der Waals surface area (Å²) in [6, 6.07) is 1.91. The Morgan fingerprint density at radius 2 is 2.33 bits per heavy atom. The predicted octanol–water partition coefficient (Wildman–Crippen LogP) is 1.15. The SMILES string of the molecule is CSc1nccc(C2(N)CC2)n1. The standard InChI is InChI=1S/C8H11N3S/c1-12-7-10-5-2-6(11-7)8(9)3-4-8/h2,5H,3-4,9H2,1H3. The maximum Gasteiger partial charge on any atom is 0.187 e. The molecule has 4 heteroatoms. The fourth-order valence-corrected chi connectivity index (χ4v) is 1.46. The van der Waals surface area contributed by atoms with Crippen LogP contribution in [0.2, 0.25) is 0 Å². The molecule has 0 saturated heterocycles. The van der Waals surface area contributed by atoms with Crippen LogP contribution in [0, 0.1) is 0 Å². The lowest BCUT2D eigenvalue weighted by Gasteiger charge is -2.07. The van der Waals surface area contributed by atoms with Gasteiger partial charge >= 0.3 is 0 Å². The molecule has 0 amide bonds. The first kappa shape index (κ1) is 8.01. The summed E-state index contributed by atoms with van der Waals surface area (Å²) >= 11 is 1.55. The minimum absolute atomic E-state index is 0.132. The van der Waals surface area contributed by atoms with Crippen LogP contribution in [0.15, 0.2) is 17.4 Å². The van der Waals surface area contributed by atoms with Gasteiger partial charge in [-0.05, 0) is 25.2 Å². The van der Waals surface area contributed by atoms with Crippen molar-refractivity contribution in [1.82, 2.24) is 9.97 Å². The molecular weight excluding hydrogens is 170 g/mol. The predicted molar refractivity (Wildman–Crippen MR) is 48.9 cm³/mol. The summed E-state index contributed by atoms with van der Waals surface area (Å²) in [5, 5.41) is 0.809.